The Bertz CT molecular complexity index is 670. The molecule has 3 heteroatoms. The van der Waals surface area contributed by atoms with E-state index >= 15 is 0 Å². The van der Waals surface area contributed by atoms with E-state index in [0.29, 0.717) is 12.1 Å². The first-order valence-corrected chi connectivity index (χ1v) is 7.94. The van der Waals surface area contributed by atoms with Gasteiger partial charge in [0, 0.05) is 35.1 Å². The molecule has 2 unspecified atom stereocenters. The summed E-state index contributed by atoms with van der Waals surface area (Å²) in [5.41, 5.74) is 1.73. The van der Waals surface area contributed by atoms with Gasteiger partial charge in [0.05, 0.1) is 5.52 Å². The number of rotatable bonds is 2. The van der Waals surface area contributed by atoms with Crippen molar-refractivity contribution in [2.24, 2.45) is 5.92 Å². The van der Waals surface area contributed by atoms with Crippen molar-refractivity contribution >= 4 is 16.7 Å². The molecule has 2 aliphatic rings. The number of hydrogen-bond acceptors (Lipinski definition) is 3. The molecule has 2 aromatic rings. The smallest absolute Gasteiger partial charge is 0.167 e. The Balaban J connectivity index is 1.60. The van der Waals surface area contributed by atoms with Crippen molar-refractivity contribution in [1.29, 1.82) is 0 Å². The summed E-state index contributed by atoms with van der Waals surface area (Å²) in [6.07, 6.45) is 7.47. The monoisotopic (exact) mass is 280 g/mol. The molecule has 21 heavy (non-hydrogen) atoms. The van der Waals surface area contributed by atoms with Crippen LogP contribution >= 0.6 is 0 Å². The number of Topliss-reactive ketones (excluding diaryl/α,β-unsaturated/α-hetero) is 1. The van der Waals surface area contributed by atoms with E-state index in [1.54, 1.807) is 6.20 Å². The van der Waals surface area contributed by atoms with Crippen molar-refractivity contribution in [3.05, 3.63) is 42.1 Å². The van der Waals surface area contributed by atoms with Crippen molar-refractivity contribution in [3.8, 4) is 0 Å². The second kappa shape index (κ2) is 5.23. The average Bonchev–Trinajstić information content (AvgIpc) is 2.53. The normalized spacial score (nSPS) is 28.5. The van der Waals surface area contributed by atoms with Crippen molar-refractivity contribution in [3.63, 3.8) is 0 Å². The molecule has 0 saturated carbocycles. The second-order valence-corrected chi connectivity index (χ2v) is 6.44. The first-order valence-electron chi connectivity index (χ1n) is 7.94. The molecule has 3 nitrogen and oxygen atoms in total. The van der Waals surface area contributed by atoms with E-state index < -0.39 is 0 Å². The van der Waals surface area contributed by atoms with E-state index in [4.69, 9.17) is 0 Å². The van der Waals surface area contributed by atoms with Crippen LogP contribution in [0.15, 0.2) is 36.5 Å². The first-order chi connectivity index (χ1) is 10.3. The number of carbonyl (C=O) groups excluding carboxylic acids is 1. The molecular weight excluding hydrogens is 260 g/mol. The van der Waals surface area contributed by atoms with Gasteiger partial charge in [0.2, 0.25) is 0 Å². The minimum Gasteiger partial charge on any atom is -0.311 e. The lowest BCUT2D eigenvalue weighted by molar-refractivity contribution is 0.0825. The van der Waals surface area contributed by atoms with Gasteiger partial charge in [0.15, 0.2) is 5.78 Å². The molecular formula is C18H20N2O. The predicted octanol–water partition coefficient (Wildman–Crippen LogP) is 3.34. The third-order valence-electron chi connectivity index (χ3n) is 4.96. The maximum Gasteiger partial charge on any atom is 0.167 e. The molecule has 108 valence electrons. The minimum atomic E-state index is 0.171. The van der Waals surface area contributed by atoms with E-state index in [-0.39, 0.29) is 11.7 Å². The Labute approximate surface area is 124 Å². The van der Waals surface area contributed by atoms with Crippen molar-refractivity contribution < 1.29 is 4.79 Å². The molecule has 2 atom stereocenters. The highest BCUT2D eigenvalue weighted by atomic mass is 16.1. The van der Waals surface area contributed by atoms with Gasteiger partial charge in [-0.3, -0.25) is 9.78 Å². The summed E-state index contributed by atoms with van der Waals surface area (Å²) in [5, 5.41) is 4.70. The molecule has 2 saturated heterocycles. The molecule has 2 bridgehead atoms. The highest BCUT2D eigenvalue weighted by Crippen LogP contribution is 2.32. The van der Waals surface area contributed by atoms with Crippen molar-refractivity contribution in [1.82, 2.24) is 10.3 Å². The zero-order valence-corrected chi connectivity index (χ0v) is 12.1. The standard InChI is InChI=1S/C18H20N2O/c21-18(13-9-15-5-3-6-16(10-13)20-15)14-8-12-4-1-2-7-17(12)19-11-14/h1-2,4,7-8,11,13,15-16,20H,3,5-6,9-10H2. The quantitative estimate of drug-likeness (QED) is 0.858. The number of piperidine rings is 2. The number of nitrogens with zero attached hydrogens (tertiary/aromatic N) is 1. The van der Waals surface area contributed by atoms with E-state index in [1.165, 1.54) is 19.3 Å². The summed E-state index contributed by atoms with van der Waals surface area (Å²) in [5.74, 6) is 0.455. The Morgan fingerprint density at radius 3 is 2.71 bits per heavy atom. The fraction of sp³-hybridized carbons (Fsp3) is 0.444. The molecule has 3 heterocycles. The number of hydrogen-bond donors (Lipinski definition) is 1. The fourth-order valence-electron chi connectivity index (χ4n) is 3.92. The van der Waals surface area contributed by atoms with Gasteiger partial charge in [-0.2, -0.15) is 0 Å². The summed E-state index contributed by atoms with van der Waals surface area (Å²) in [4.78, 5) is 17.2. The number of nitrogens with one attached hydrogen (secondary N) is 1. The SMILES string of the molecule is O=C(c1cnc2ccccc2c1)C1CC2CCCC(C1)N2. The van der Waals surface area contributed by atoms with Gasteiger partial charge < -0.3 is 5.32 Å². The Kier molecular flexibility index (Phi) is 3.23. The average molecular weight is 280 g/mol. The van der Waals surface area contributed by atoms with Crippen LogP contribution in [-0.2, 0) is 0 Å². The largest absolute Gasteiger partial charge is 0.311 e. The zero-order chi connectivity index (χ0) is 14.2. The Hall–Kier alpha value is -1.74. The molecule has 0 spiro atoms. The molecule has 2 aliphatic heterocycles. The number of benzene rings is 1. The number of pyridine rings is 1. The maximum atomic E-state index is 12.8. The predicted molar refractivity (Wildman–Crippen MR) is 83.4 cm³/mol. The van der Waals surface area contributed by atoms with Gasteiger partial charge in [0.1, 0.15) is 0 Å². The second-order valence-electron chi connectivity index (χ2n) is 6.44. The minimum absolute atomic E-state index is 0.171. The molecule has 2 fully saturated rings. The third-order valence-corrected chi connectivity index (χ3v) is 4.96. The van der Waals surface area contributed by atoms with Crippen molar-refractivity contribution in [2.75, 3.05) is 0 Å². The summed E-state index contributed by atoms with van der Waals surface area (Å²) < 4.78 is 0. The first kappa shape index (κ1) is 13.0. The van der Waals surface area contributed by atoms with E-state index in [9.17, 15) is 4.79 Å². The van der Waals surface area contributed by atoms with Crippen LogP contribution in [0, 0.1) is 5.92 Å². The van der Waals surface area contributed by atoms with Crippen LogP contribution < -0.4 is 5.32 Å². The van der Waals surface area contributed by atoms with Gasteiger partial charge in [-0.1, -0.05) is 24.6 Å². The highest BCUT2D eigenvalue weighted by Gasteiger charge is 2.34. The van der Waals surface area contributed by atoms with Crippen LogP contribution in [0.2, 0.25) is 0 Å². The fourth-order valence-corrected chi connectivity index (χ4v) is 3.92. The van der Waals surface area contributed by atoms with Crippen LogP contribution in [0.25, 0.3) is 10.9 Å². The molecule has 0 amide bonds. The van der Waals surface area contributed by atoms with Gasteiger partial charge in [0.25, 0.3) is 0 Å². The number of carbonyl (C=O) groups is 1. The highest BCUT2D eigenvalue weighted by molar-refractivity contribution is 6.00. The number of para-hydroxylation sites is 1. The molecule has 0 aliphatic carbocycles. The van der Waals surface area contributed by atoms with Crippen LogP contribution in [0.5, 0.6) is 0 Å². The molecule has 1 N–H and O–H groups in total. The topological polar surface area (TPSA) is 42.0 Å². The lowest BCUT2D eigenvalue weighted by atomic mass is 9.77. The van der Waals surface area contributed by atoms with Gasteiger partial charge in [-0.15, -0.1) is 0 Å². The number of fused-ring (bicyclic) bond motifs is 3. The lowest BCUT2D eigenvalue weighted by Gasteiger charge is -2.39. The maximum absolute atomic E-state index is 12.8. The van der Waals surface area contributed by atoms with Gasteiger partial charge >= 0.3 is 0 Å². The lowest BCUT2D eigenvalue weighted by Crippen LogP contribution is -2.50. The number of aromatic nitrogens is 1. The third kappa shape index (κ3) is 2.46. The molecule has 1 aromatic carbocycles. The molecule has 1 aromatic heterocycles. The van der Waals surface area contributed by atoms with Crippen LogP contribution in [0.1, 0.15) is 42.5 Å². The molecule has 4 rings (SSSR count). The van der Waals surface area contributed by atoms with Crippen LogP contribution in [0.4, 0.5) is 0 Å². The van der Waals surface area contributed by atoms with Gasteiger partial charge in [-0.25, -0.2) is 0 Å². The van der Waals surface area contributed by atoms with E-state index in [0.717, 1.165) is 29.3 Å². The van der Waals surface area contributed by atoms with Crippen LogP contribution in [-0.4, -0.2) is 22.9 Å². The van der Waals surface area contributed by atoms with Crippen molar-refractivity contribution in [2.45, 2.75) is 44.2 Å². The van der Waals surface area contributed by atoms with Gasteiger partial charge in [-0.05, 0) is 37.8 Å². The summed E-state index contributed by atoms with van der Waals surface area (Å²) in [7, 11) is 0. The van der Waals surface area contributed by atoms with E-state index in [2.05, 4.69) is 10.3 Å². The Morgan fingerprint density at radius 1 is 1.14 bits per heavy atom. The summed E-state index contributed by atoms with van der Waals surface area (Å²) in [6, 6.07) is 11.1. The Morgan fingerprint density at radius 2 is 1.90 bits per heavy atom. The van der Waals surface area contributed by atoms with Crippen LogP contribution in [0.3, 0.4) is 0 Å². The van der Waals surface area contributed by atoms with E-state index in [1.807, 2.05) is 30.3 Å². The number of ketones is 1. The summed E-state index contributed by atoms with van der Waals surface area (Å²) >= 11 is 0. The zero-order valence-electron chi connectivity index (χ0n) is 12.1. The molecule has 0 radical (unpaired) electrons. The summed E-state index contributed by atoms with van der Waals surface area (Å²) in [6.45, 7) is 0.